The van der Waals surface area contributed by atoms with Gasteiger partial charge in [-0.05, 0) is 18.9 Å². The van der Waals surface area contributed by atoms with Gasteiger partial charge in [0.15, 0.2) is 16.6 Å². The van der Waals surface area contributed by atoms with Crippen LogP contribution in [0.15, 0.2) is 29.8 Å². The third-order valence-electron chi connectivity index (χ3n) is 4.25. The molecular formula is C17H23N3O2S. The van der Waals surface area contributed by atoms with Gasteiger partial charge in [-0.3, -0.25) is 0 Å². The lowest BCUT2D eigenvalue weighted by atomic mass is 10.0. The molecule has 6 heteroatoms. The first-order valence-electron chi connectivity index (χ1n) is 7.89. The fourth-order valence-electron chi connectivity index (χ4n) is 2.99. The molecule has 0 saturated carbocycles. The first-order valence-corrected chi connectivity index (χ1v) is 8.77. The van der Waals surface area contributed by atoms with Crippen LogP contribution in [0.5, 0.6) is 11.5 Å². The van der Waals surface area contributed by atoms with Gasteiger partial charge in [-0.2, -0.15) is 0 Å². The first kappa shape index (κ1) is 16.1. The minimum absolute atomic E-state index is 0.530. The van der Waals surface area contributed by atoms with E-state index in [0.29, 0.717) is 6.04 Å². The largest absolute Gasteiger partial charge is 0.493 e. The highest BCUT2D eigenvalue weighted by Gasteiger charge is 2.20. The Morgan fingerprint density at radius 2 is 2.09 bits per heavy atom. The maximum atomic E-state index is 5.49. The molecule has 3 rings (SSSR count). The number of aromatic nitrogens is 1. The highest BCUT2D eigenvalue weighted by Crippen LogP contribution is 2.31. The number of nitrogens with zero attached hydrogens (tertiary/aromatic N) is 2. The summed E-state index contributed by atoms with van der Waals surface area (Å²) in [7, 11) is 3.36. The van der Waals surface area contributed by atoms with Crippen LogP contribution in [0.1, 0.15) is 18.4 Å². The molecule has 0 unspecified atom stereocenters. The molecule has 1 aliphatic heterocycles. The maximum Gasteiger partial charge on any atom is 0.185 e. The quantitative estimate of drug-likeness (QED) is 0.881. The zero-order valence-corrected chi connectivity index (χ0v) is 14.4. The van der Waals surface area contributed by atoms with Gasteiger partial charge >= 0.3 is 0 Å². The van der Waals surface area contributed by atoms with E-state index in [-0.39, 0.29) is 0 Å². The molecule has 23 heavy (non-hydrogen) atoms. The number of para-hydroxylation sites is 1. The second-order valence-corrected chi connectivity index (χ2v) is 6.48. The average molecular weight is 333 g/mol. The van der Waals surface area contributed by atoms with E-state index in [4.69, 9.17) is 9.47 Å². The monoisotopic (exact) mass is 333 g/mol. The molecule has 2 heterocycles. The van der Waals surface area contributed by atoms with E-state index in [2.05, 4.69) is 21.3 Å². The van der Waals surface area contributed by atoms with Crippen molar-refractivity contribution in [3.05, 3.63) is 35.3 Å². The molecule has 0 spiro atoms. The van der Waals surface area contributed by atoms with Gasteiger partial charge in [-0.15, -0.1) is 11.3 Å². The Balaban J connectivity index is 1.54. The van der Waals surface area contributed by atoms with Gasteiger partial charge in [0.2, 0.25) is 0 Å². The number of piperidine rings is 1. The molecule has 0 amide bonds. The zero-order chi connectivity index (χ0) is 16.1. The van der Waals surface area contributed by atoms with Crippen LogP contribution in [0.4, 0.5) is 5.13 Å². The molecule has 2 aromatic rings. The van der Waals surface area contributed by atoms with Gasteiger partial charge in [0, 0.05) is 42.8 Å². The number of anilines is 1. The second kappa shape index (κ2) is 7.66. The molecule has 5 nitrogen and oxygen atoms in total. The van der Waals surface area contributed by atoms with Gasteiger partial charge in [-0.1, -0.05) is 12.1 Å². The molecule has 1 N–H and O–H groups in total. The summed E-state index contributed by atoms with van der Waals surface area (Å²) in [6.45, 7) is 2.91. The Morgan fingerprint density at radius 3 is 2.74 bits per heavy atom. The Morgan fingerprint density at radius 1 is 1.26 bits per heavy atom. The summed E-state index contributed by atoms with van der Waals surface area (Å²) >= 11 is 1.71. The average Bonchev–Trinajstić information content (AvgIpc) is 3.14. The van der Waals surface area contributed by atoms with Crippen molar-refractivity contribution < 1.29 is 9.47 Å². The standard InChI is InChI=1S/C17H23N3O2S/c1-21-15-5-3-4-13(16(15)22-2)12-19-14-6-9-20(10-7-14)17-18-8-11-23-17/h3-5,8,11,14,19H,6-7,9-10,12H2,1-2H3. The van der Waals surface area contributed by atoms with E-state index in [9.17, 15) is 0 Å². The Labute approximate surface area is 141 Å². The zero-order valence-electron chi connectivity index (χ0n) is 13.6. The number of benzene rings is 1. The van der Waals surface area contributed by atoms with E-state index >= 15 is 0 Å². The van der Waals surface area contributed by atoms with Crippen LogP contribution in [0, 0.1) is 0 Å². The lowest BCUT2D eigenvalue weighted by molar-refractivity contribution is 0.347. The van der Waals surface area contributed by atoms with Crippen molar-refractivity contribution in [2.45, 2.75) is 25.4 Å². The molecule has 1 saturated heterocycles. The Hall–Kier alpha value is -1.79. The number of hydrogen-bond acceptors (Lipinski definition) is 6. The van der Waals surface area contributed by atoms with Gasteiger partial charge in [0.1, 0.15) is 0 Å². The lowest BCUT2D eigenvalue weighted by Gasteiger charge is -2.32. The third-order valence-corrected chi connectivity index (χ3v) is 5.08. The van der Waals surface area contributed by atoms with Crippen molar-refractivity contribution >= 4 is 16.5 Å². The SMILES string of the molecule is COc1cccc(CNC2CCN(c3nccs3)CC2)c1OC. The predicted molar refractivity (Wildman–Crippen MR) is 93.7 cm³/mol. The minimum Gasteiger partial charge on any atom is -0.493 e. The van der Waals surface area contributed by atoms with Crippen molar-refractivity contribution in [3.63, 3.8) is 0 Å². The van der Waals surface area contributed by atoms with Crippen LogP contribution in [0.2, 0.25) is 0 Å². The fourth-order valence-corrected chi connectivity index (χ4v) is 3.69. The lowest BCUT2D eigenvalue weighted by Crippen LogP contribution is -2.42. The summed E-state index contributed by atoms with van der Waals surface area (Å²) in [6.07, 6.45) is 4.14. The summed E-state index contributed by atoms with van der Waals surface area (Å²) in [5.41, 5.74) is 1.13. The van der Waals surface area contributed by atoms with Gasteiger partial charge < -0.3 is 19.7 Å². The van der Waals surface area contributed by atoms with Crippen LogP contribution in [0.3, 0.4) is 0 Å². The Kier molecular flexibility index (Phi) is 5.35. The summed E-state index contributed by atoms with van der Waals surface area (Å²) < 4.78 is 10.9. The number of thiazole rings is 1. The van der Waals surface area contributed by atoms with Crippen molar-refractivity contribution in [2.75, 3.05) is 32.2 Å². The van der Waals surface area contributed by atoms with Crippen molar-refractivity contribution in [1.82, 2.24) is 10.3 Å². The van der Waals surface area contributed by atoms with Gasteiger partial charge in [0.05, 0.1) is 14.2 Å². The van der Waals surface area contributed by atoms with Crippen LogP contribution < -0.4 is 19.7 Å². The summed E-state index contributed by atoms with van der Waals surface area (Å²) in [4.78, 5) is 6.76. The highest BCUT2D eigenvalue weighted by molar-refractivity contribution is 7.13. The van der Waals surface area contributed by atoms with E-state index in [0.717, 1.165) is 54.7 Å². The van der Waals surface area contributed by atoms with Gasteiger partial charge in [-0.25, -0.2) is 4.98 Å². The molecule has 1 aromatic heterocycles. The van der Waals surface area contributed by atoms with E-state index in [1.165, 1.54) is 0 Å². The van der Waals surface area contributed by atoms with Crippen molar-refractivity contribution in [1.29, 1.82) is 0 Å². The Bertz CT molecular complexity index is 610. The smallest absolute Gasteiger partial charge is 0.185 e. The molecular weight excluding hydrogens is 310 g/mol. The van der Waals surface area contributed by atoms with Crippen LogP contribution in [-0.4, -0.2) is 38.3 Å². The second-order valence-electron chi connectivity index (χ2n) is 5.61. The summed E-state index contributed by atoms with van der Waals surface area (Å²) in [6, 6.07) is 6.54. The molecule has 1 fully saturated rings. The number of ether oxygens (including phenoxy) is 2. The topological polar surface area (TPSA) is 46.6 Å². The predicted octanol–water partition coefficient (Wildman–Crippen LogP) is 2.92. The molecule has 1 aliphatic rings. The number of rotatable bonds is 6. The molecule has 0 radical (unpaired) electrons. The fraction of sp³-hybridized carbons (Fsp3) is 0.471. The molecule has 0 bridgehead atoms. The maximum absolute atomic E-state index is 5.49. The van der Waals surface area contributed by atoms with Crippen LogP contribution in [0.25, 0.3) is 0 Å². The van der Waals surface area contributed by atoms with E-state index in [1.54, 1.807) is 25.6 Å². The van der Waals surface area contributed by atoms with Crippen LogP contribution in [-0.2, 0) is 6.54 Å². The first-order chi connectivity index (χ1) is 11.3. The van der Waals surface area contributed by atoms with Gasteiger partial charge in [0.25, 0.3) is 0 Å². The van der Waals surface area contributed by atoms with Crippen molar-refractivity contribution in [2.24, 2.45) is 0 Å². The molecule has 0 atom stereocenters. The minimum atomic E-state index is 0.530. The molecule has 0 aliphatic carbocycles. The summed E-state index contributed by atoms with van der Waals surface area (Å²) in [5, 5.41) is 6.82. The molecule has 1 aromatic carbocycles. The number of nitrogens with one attached hydrogen (secondary N) is 1. The van der Waals surface area contributed by atoms with E-state index < -0.39 is 0 Å². The highest BCUT2D eigenvalue weighted by atomic mass is 32.1. The third kappa shape index (κ3) is 3.76. The van der Waals surface area contributed by atoms with Crippen LogP contribution >= 0.6 is 11.3 Å². The number of hydrogen-bond donors (Lipinski definition) is 1. The van der Waals surface area contributed by atoms with E-state index in [1.807, 2.05) is 23.7 Å². The number of methoxy groups -OCH3 is 2. The normalized spacial score (nSPS) is 15.7. The summed E-state index contributed by atoms with van der Waals surface area (Å²) in [5.74, 6) is 1.60. The molecule has 124 valence electrons. The van der Waals surface area contributed by atoms with Crippen molar-refractivity contribution in [3.8, 4) is 11.5 Å².